The number of hydrogen-bond acceptors (Lipinski definition) is 9. The highest BCUT2D eigenvalue weighted by Gasteiger charge is 2.36. The van der Waals surface area contributed by atoms with Crippen LogP contribution >= 0.6 is 23.1 Å². The molecule has 234 valence electrons. The van der Waals surface area contributed by atoms with Gasteiger partial charge in [0.05, 0.1) is 43.1 Å². The van der Waals surface area contributed by atoms with Gasteiger partial charge in [0, 0.05) is 23.2 Å². The second-order valence-electron chi connectivity index (χ2n) is 10.1. The summed E-state index contributed by atoms with van der Waals surface area (Å²) in [5.41, 5.74) is 2.67. The van der Waals surface area contributed by atoms with Crippen LogP contribution in [0.5, 0.6) is 11.5 Å². The fourth-order valence-electron chi connectivity index (χ4n) is 5.15. The molecule has 1 unspecified atom stereocenters. The first-order chi connectivity index (χ1) is 22.5. The molecule has 3 heterocycles. The molecule has 1 aliphatic rings. The lowest BCUT2D eigenvalue weighted by molar-refractivity contribution is -0.130. The number of rotatable bonds is 11. The van der Waals surface area contributed by atoms with E-state index < -0.39 is 11.9 Å². The molecule has 0 spiro atoms. The fourth-order valence-corrected chi connectivity index (χ4v) is 6.69. The quantitative estimate of drug-likeness (QED) is 0.177. The Morgan fingerprint density at radius 1 is 0.978 bits per heavy atom. The van der Waals surface area contributed by atoms with Crippen LogP contribution in [0.4, 0.5) is 4.39 Å². The molecule has 1 N–H and O–H groups in total. The number of hydrogen-bond donors (Lipinski definition) is 1. The van der Waals surface area contributed by atoms with E-state index in [0.717, 1.165) is 16.2 Å². The lowest BCUT2D eigenvalue weighted by Crippen LogP contribution is -2.29. The SMILES string of the molecule is COc1cccc(C2CC(c3cccs3)=NN2C(=O)CSc2nnc(CNC(=O)c3ccccc3)n2-c2ccc(F)cc2)c1OC. The van der Waals surface area contributed by atoms with Crippen LogP contribution in [0.25, 0.3) is 5.69 Å². The van der Waals surface area contributed by atoms with Gasteiger partial charge in [0.2, 0.25) is 0 Å². The Hall–Kier alpha value is -5.01. The minimum absolute atomic E-state index is 0.0142. The van der Waals surface area contributed by atoms with E-state index in [9.17, 15) is 14.0 Å². The average Bonchev–Trinajstić information content (AvgIpc) is 3.87. The maximum Gasteiger partial charge on any atom is 0.253 e. The number of para-hydroxylation sites is 1. The number of benzene rings is 3. The fraction of sp³-hybridized carbons (Fsp3) is 0.182. The molecule has 0 radical (unpaired) electrons. The smallest absolute Gasteiger partial charge is 0.253 e. The zero-order valence-electron chi connectivity index (χ0n) is 24.9. The standard InChI is InChI=1S/C33H29FN6O4S2/c1-43-27-11-6-10-24(31(27)44-2)26-18-25(28-12-7-17-45-28)38-40(26)30(41)20-46-33-37-36-29(39(33)23-15-13-22(34)14-16-23)19-35-32(42)21-8-4-3-5-9-21/h3-17,26H,18-20H2,1-2H3,(H,35,42). The van der Waals surface area contributed by atoms with Crippen molar-refractivity contribution < 1.29 is 23.5 Å². The number of nitrogens with zero attached hydrogens (tertiary/aromatic N) is 5. The molecule has 0 saturated carbocycles. The van der Waals surface area contributed by atoms with Crippen molar-refractivity contribution in [2.75, 3.05) is 20.0 Å². The number of thioether (sulfide) groups is 1. The van der Waals surface area contributed by atoms with Crippen molar-refractivity contribution in [1.29, 1.82) is 0 Å². The van der Waals surface area contributed by atoms with Gasteiger partial charge in [0.15, 0.2) is 22.5 Å². The number of ether oxygens (including phenoxy) is 2. The molecule has 1 aliphatic heterocycles. The van der Waals surface area contributed by atoms with Gasteiger partial charge < -0.3 is 14.8 Å². The molecule has 10 nitrogen and oxygen atoms in total. The van der Waals surface area contributed by atoms with Crippen LogP contribution in [0, 0.1) is 5.82 Å². The molecule has 1 atom stereocenters. The summed E-state index contributed by atoms with van der Waals surface area (Å²) in [6.45, 7) is 0.0604. The number of hydrazone groups is 1. The van der Waals surface area contributed by atoms with Gasteiger partial charge in [-0.05, 0) is 53.9 Å². The number of halogens is 1. The van der Waals surface area contributed by atoms with Crippen molar-refractivity contribution in [2.45, 2.75) is 24.2 Å². The second kappa shape index (κ2) is 14.0. The van der Waals surface area contributed by atoms with Gasteiger partial charge in [-0.2, -0.15) is 5.10 Å². The third kappa shape index (κ3) is 6.51. The number of aromatic nitrogens is 3. The van der Waals surface area contributed by atoms with E-state index in [0.29, 0.717) is 40.2 Å². The van der Waals surface area contributed by atoms with Gasteiger partial charge in [-0.15, -0.1) is 21.5 Å². The highest BCUT2D eigenvalue weighted by Crippen LogP contribution is 2.42. The molecule has 2 amide bonds. The van der Waals surface area contributed by atoms with Crippen LogP contribution < -0.4 is 14.8 Å². The van der Waals surface area contributed by atoms with Gasteiger partial charge in [-0.3, -0.25) is 14.2 Å². The Kier molecular flexibility index (Phi) is 9.41. The van der Waals surface area contributed by atoms with Gasteiger partial charge in [-0.25, -0.2) is 9.40 Å². The zero-order valence-corrected chi connectivity index (χ0v) is 26.6. The maximum atomic E-state index is 13.9. The summed E-state index contributed by atoms with van der Waals surface area (Å²) >= 11 is 2.73. The third-order valence-corrected chi connectivity index (χ3v) is 9.15. The van der Waals surface area contributed by atoms with Crippen molar-refractivity contribution in [2.24, 2.45) is 5.10 Å². The first kappa shape index (κ1) is 31.0. The molecule has 3 aromatic carbocycles. The van der Waals surface area contributed by atoms with E-state index in [2.05, 4.69) is 15.5 Å². The normalized spacial score (nSPS) is 14.2. The molecule has 5 aromatic rings. The van der Waals surface area contributed by atoms with Gasteiger partial charge >= 0.3 is 0 Å². The number of thiophene rings is 1. The Morgan fingerprint density at radius 3 is 2.50 bits per heavy atom. The van der Waals surface area contributed by atoms with Crippen molar-refractivity contribution in [3.63, 3.8) is 0 Å². The topological polar surface area (TPSA) is 111 Å². The summed E-state index contributed by atoms with van der Waals surface area (Å²) < 4.78 is 26.8. The number of carbonyl (C=O) groups excluding carboxylic acids is 2. The van der Waals surface area contributed by atoms with Crippen LogP contribution in [-0.2, 0) is 11.3 Å². The Balaban J connectivity index is 1.26. The Morgan fingerprint density at radius 2 is 1.78 bits per heavy atom. The number of carbonyl (C=O) groups is 2. The highest BCUT2D eigenvalue weighted by atomic mass is 32.2. The molecular weight excluding hydrogens is 628 g/mol. The zero-order chi connectivity index (χ0) is 32.0. The van der Waals surface area contributed by atoms with E-state index in [-0.39, 0.29) is 24.1 Å². The van der Waals surface area contributed by atoms with Crippen molar-refractivity contribution in [3.05, 3.63) is 118 Å². The van der Waals surface area contributed by atoms with Crippen molar-refractivity contribution in [1.82, 2.24) is 25.1 Å². The summed E-state index contributed by atoms with van der Waals surface area (Å²) in [6.07, 6.45) is 0.497. The average molecular weight is 657 g/mol. The van der Waals surface area contributed by atoms with Crippen LogP contribution in [-0.4, -0.2) is 57.3 Å². The van der Waals surface area contributed by atoms with E-state index in [1.54, 1.807) is 66.5 Å². The van der Waals surface area contributed by atoms with E-state index in [1.807, 2.05) is 41.8 Å². The van der Waals surface area contributed by atoms with Crippen LogP contribution in [0.1, 0.15) is 39.1 Å². The number of amides is 2. The second-order valence-corrected chi connectivity index (χ2v) is 12.0. The van der Waals surface area contributed by atoms with E-state index in [1.165, 1.54) is 28.9 Å². The number of nitrogens with one attached hydrogen (secondary N) is 1. The number of methoxy groups -OCH3 is 2. The molecule has 0 bridgehead atoms. The molecule has 0 aliphatic carbocycles. The molecular formula is C33H29FN6O4S2. The summed E-state index contributed by atoms with van der Waals surface area (Å²) in [5, 5.41) is 20.2. The molecule has 13 heteroatoms. The third-order valence-electron chi connectivity index (χ3n) is 7.32. The summed E-state index contributed by atoms with van der Waals surface area (Å²) in [7, 11) is 3.14. The largest absolute Gasteiger partial charge is 0.493 e. The lowest BCUT2D eigenvalue weighted by atomic mass is 9.99. The predicted molar refractivity (Wildman–Crippen MR) is 174 cm³/mol. The lowest BCUT2D eigenvalue weighted by Gasteiger charge is -2.24. The highest BCUT2D eigenvalue weighted by molar-refractivity contribution is 7.99. The molecule has 6 rings (SSSR count). The minimum Gasteiger partial charge on any atom is -0.493 e. The predicted octanol–water partition coefficient (Wildman–Crippen LogP) is 5.89. The summed E-state index contributed by atoms with van der Waals surface area (Å²) in [6, 6.07) is 23.8. The summed E-state index contributed by atoms with van der Waals surface area (Å²) in [4.78, 5) is 27.6. The maximum absolute atomic E-state index is 13.9. The molecule has 0 saturated heterocycles. The first-order valence-corrected chi connectivity index (χ1v) is 16.1. The van der Waals surface area contributed by atoms with Gasteiger partial charge in [0.25, 0.3) is 11.8 Å². The first-order valence-electron chi connectivity index (χ1n) is 14.3. The van der Waals surface area contributed by atoms with Crippen LogP contribution in [0.15, 0.2) is 101 Å². The Labute approximate surface area is 272 Å². The molecule has 46 heavy (non-hydrogen) atoms. The monoisotopic (exact) mass is 656 g/mol. The van der Waals surface area contributed by atoms with Crippen molar-refractivity contribution >= 4 is 40.6 Å². The summed E-state index contributed by atoms with van der Waals surface area (Å²) in [5.74, 6) is 0.591. The van der Waals surface area contributed by atoms with Gasteiger partial charge in [-0.1, -0.05) is 48.2 Å². The van der Waals surface area contributed by atoms with Crippen molar-refractivity contribution in [3.8, 4) is 17.2 Å². The van der Waals surface area contributed by atoms with Crippen LogP contribution in [0.2, 0.25) is 0 Å². The van der Waals surface area contributed by atoms with Gasteiger partial charge in [0.1, 0.15) is 5.82 Å². The van der Waals surface area contributed by atoms with Crippen LogP contribution in [0.3, 0.4) is 0 Å². The van der Waals surface area contributed by atoms with E-state index in [4.69, 9.17) is 14.6 Å². The molecule has 2 aromatic heterocycles. The Bertz CT molecular complexity index is 1860. The van der Waals surface area contributed by atoms with E-state index >= 15 is 0 Å². The minimum atomic E-state index is -0.422. The molecule has 0 fully saturated rings.